The topological polar surface area (TPSA) is 65.7 Å². The molecule has 0 bridgehead atoms. The molecule has 0 radical (unpaired) electrons. The summed E-state index contributed by atoms with van der Waals surface area (Å²) in [6.45, 7) is 4.13. The third kappa shape index (κ3) is 5.73. The highest BCUT2D eigenvalue weighted by Crippen LogP contribution is 2.30. The minimum Gasteiger partial charge on any atom is -0.489 e. The molecule has 0 aliphatic carbocycles. The van der Waals surface area contributed by atoms with Gasteiger partial charge in [0.15, 0.2) is 5.78 Å². The minimum absolute atomic E-state index is 0.0741. The number of esters is 1. The van der Waals surface area contributed by atoms with Crippen LogP contribution >= 0.6 is 0 Å². The molecule has 38 heavy (non-hydrogen) atoms. The monoisotopic (exact) mass is 502 g/mol. The maximum absolute atomic E-state index is 13.1. The lowest BCUT2D eigenvalue weighted by atomic mass is 10.1. The summed E-state index contributed by atoms with van der Waals surface area (Å²) in [7, 11) is 0. The van der Waals surface area contributed by atoms with Crippen LogP contribution in [0.2, 0.25) is 0 Å². The Bertz CT molecular complexity index is 1610. The SMILES string of the molecule is Cc1ccc(C(=O)/C=C/c2ccc(OC(=O)c3c(C)oc4ccc(OCc5ccccc5)cc34)cc2)cc1. The molecule has 1 aromatic heterocycles. The number of carbonyl (C=O) groups excluding carboxylic acids is 2. The number of aryl methyl sites for hydroxylation is 2. The van der Waals surface area contributed by atoms with Gasteiger partial charge in [0.1, 0.15) is 35.0 Å². The van der Waals surface area contributed by atoms with E-state index in [1.807, 2.05) is 67.6 Å². The van der Waals surface area contributed by atoms with Crippen LogP contribution in [0.3, 0.4) is 0 Å². The number of fused-ring (bicyclic) bond motifs is 1. The van der Waals surface area contributed by atoms with Crippen molar-refractivity contribution in [3.05, 3.63) is 137 Å². The van der Waals surface area contributed by atoms with Crippen molar-refractivity contribution >= 4 is 28.8 Å². The Kier molecular flexibility index (Phi) is 7.18. The molecule has 0 aliphatic heterocycles. The Hall–Kier alpha value is -4.90. The van der Waals surface area contributed by atoms with Crippen LogP contribution in [0.15, 0.2) is 108 Å². The van der Waals surface area contributed by atoms with Gasteiger partial charge in [-0.05, 0) is 61.4 Å². The zero-order valence-corrected chi connectivity index (χ0v) is 21.1. The van der Waals surface area contributed by atoms with Crippen LogP contribution in [0.1, 0.15) is 43.2 Å². The van der Waals surface area contributed by atoms with Crippen LogP contribution in [0.4, 0.5) is 0 Å². The van der Waals surface area contributed by atoms with Crippen molar-refractivity contribution in [3.8, 4) is 11.5 Å². The molecule has 0 aliphatic rings. The average Bonchev–Trinajstić information content (AvgIpc) is 3.27. The van der Waals surface area contributed by atoms with E-state index in [9.17, 15) is 9.59 Å². The van der Waals surface area contributed by atoms with Gasteiger partial charge in [-0.2, -0.15) is 0 Å². The molecule has 0 atom stereocenters. The van der Waals surface area contributed by atoms with E-state index in [0.29, 0.717) is 46.0 Å². The van der Waals surface area contributed by atoms with Gasteiger partial charge in [-0.1, -0.05) is 78.4 Å². The molecule has 0 saturated carbocycles. The van der Waals surface area contributed by atoms with Gasteiger partial charge < -0.3 is 13.9 Å². The molecule has 188 valence electrons. The first-order valence-electron chi connectivity index (χ1n) is 12.3. The zero-order valence-electron chi connectivity index (χ0n) is 21.1. The van der Waals surface area contributed by atoms with Crippen molar-refractivity contribution in [2.45, 2.75) is 20.5 Å². The number of furan rings is 1. The summed E-state index contributed by atoms with van der Waals surface area (Å²) in [6.07, 6.45) is 3.27. The van der Waals surface area contributed by atoms with Gasteiger partial charge in [0.2, 0.25) is 0 Å². The number of hydrogen-bond acceptors (Lipinski definition) is 5. The Labute approximate surface area is 220 Å². The van der Waals surface area contributed by atoms with Crippen LogP contribution in [-0.2, 0) is 6.61 Å². The molecule has 0 N–H and O–H groups in total. The number of ketones is 1. The molecule has 0 unspecified atom stereocenters. The molecule has 5 heteroatoms. The predicted octanol–water partition coefficient (Wildman–Crippen LogP) is 7.74. The van der Waals surface area contributed by atoms with E-state index in [0.717, 1.165) is 16.7 Å². The van der Waals surface area contributed by atoms with E-state index in [1.165, 1.54) is 6.08 Å². The Morgan fingerprint density at radius 2 is 1.53 bits per heavy atom. The Morgan fingerprint density at radius 1 is 0.816 bits per heavy atom. The largest absolute Gasteiger partial charge is 0.489 e. The quantitative estimate of drug-likeness (QED) is 0.0939. The highest BCUT2D eigenvalue weighted by Gasteiger charge is 2.21. The highest BCUT2D eigenvalue weighted by molar-refractivity contribution is 6.07. The summed E-state index contributed by atoms with van der Waals surface area (Å²) in [5, 5.41) is 0.632. The standard InChI is InChI=1S/C33H26O5/c1-22-8-13-26(14-9-22)30(34)18-12-24-10-15-27(16-11-24)38-33(35)32-23(2)37-31-19-17-28(20-29(31)32)36-21-25-6-4-3-5-7-25/h3-20H,21H2,1-2H3/b18-12+. The Morgan fingerprint density at radius 3 is 2.26 bits per heavy atom. The second-order valence-corrected chi connectivity index (χ2v) is 8.99. The van der Waals surface area contributed by atoms with Gasteiger partial charge in [-0.15, -0.1) is 0 Å². The van der Waals surface area contributed by atoms with Crippen LogP contribution in [-0.4, -0.2) is 11.8 Å². The molecular formula is C33H26O5. The van der Waals surface area contributed by atoms with E-state index in [1.54, 1.807) is 49.4 Å². The number of allylic oxidation sites excluding steroid dienone is 1. The number of benzene rings is 4. The molecule has 5 rings (SSSR count). The molecule has 0 fully saturated rings. The molecule has 0 saturated heterocycles. The van der Waals surface area contributed by atoms with Crippen molar-refractivity contribution in [2.24, 2.45) is 0 Å². The second kappa shape index (κ2) is 11.0. The van der Waals surface area contributed by atoms with Crippen molar-refractivity contribution < 1.29 is 23.5 Å². The third-order valence-corrected chi connectivity index (χ3v) is 6.14. The van der Waals surface area contributed by atoms with Gasteiger partial charge in [-0.25, -0.2) is 4.79 Å². The minimum atomic E-state index is -0.515. The van der Waals surface area contributed by atoms with E-state index in [-0.39, 0.29) is 5.78 Å². The van der Waals surface area contributed by atoms with Gasteiger partial charge in [0, 0.05) is 10.9 Å². The molecule has 5 aromatic rings. The first-order valence-corrected chi connectivity index (χ1v) is 12.3. The van der Waals surface area contributed by atoms with Crippen molar-refractivity contribution in [1.82, 2.24) is 0 Å². The summed E-state index contributed by atoms with van der Waals surface area (Å²) in [6, 6.07) is 29.7. The highest BCUT2D eigenvalue weighted by atomic mass is 16.5. The number of rotatable bonds is 8. The Balaban J connectivity index is 1.27. The van der Waals surface area contributed by atoms with Crippen LogP contribution in [0.5, 0.6) is 11.5 Å². The molecule has 0 amide bonds. The fourth-order valence-corrected chi connectivity index (χ4v) is 4.07. The van der Waals surface area contributed by atoms with Gasteiger partial charge >= 0.3 is 5.97 Å². The molecule has 5 nitrogen and oxygen atoms in total. The molecule has 4 aromatic carbocycles. The first-order chi connectivity index (χ1) is 18.5. The zero-order chi connectivity index (χ0) is 26.5. The lowest BCUT2D eigenvalue weighted by molar-refractivity contribution is 0.0734. The smallest absolute Gasteiger partial charge is 0.347 e. The second-order valence-electron chi connectivity index (χ2n) is 8.99. The van der Waals surface area contributed by atoms with Gasteiger partial charge in [0.25, 0.3) is 0 Å². The van der Waals surface area contributed by atoms with Crippen LogP contribution in [0, 0.1) is 13.8 Å². The summed E-state index contributed by atoms with van der Waals surface area (Å²) < 4.78 is 17.4. The summed E-state index contributed by atoms with van der Waals surface area (Å²) in [5.41, 5.74) is 4.54. The van der Waals surface area contributed by atoms with Crippen molar-refractivity contribution in [2.75, 3.05) is 0 Å². The lowest BCUT2D eigenvalue weighted by Crippen LogP contribution is -2.09. The van der Waals surface area contributed by atoms with Crippen LogP contribution < -0.4 is 9.47 Å². The predicted molar refractivity (Wildman–Crippen MR) is 148 cm³/mol. The maximum Gasteiger partial charge on any atom is 0.347 e. The number of carbonyl (C=O) groups is 2. The van der Waals surface area contributed by atoms with Crippen molar-refractivity contribution in [1.29, 1.82) is 0 Å². The summed E-state index contributed by atoms with van der Waals surface area (Å²) >= 11 is 0. The van der Waals surface area contributed by atoms with E-state index < -0.39 is 5.97 Å². The molecule has 0 spiro atoms. The van der Waals surface area contributed by atoms with E-state index in [4.69, 9.17) is 13.9 Å². The summed E-state index contributed by atoms with van der Waals surface area (Å²) in [4.78, 5) is 25.5. The first kappa shape index (κ1) is 24.8. The number of hydrogen-bond donors (Lipinski definition) is 0. The number of ether oxygens (including phenoxy) is 2. The fraction of sp³-hybridized carbons (Fsp3) is 0.0909. The average molecular weight is 503 g/mol. The maximum atomic E-state index is 13.1. The van der Waals surface area contributed by atoms with Gasteiger partial charge in [0.05, 0.1) is 0 Å². The molecular weight excluding hydrogens is 476 g/mol. The van der Waals surface area contributed by atoms with Crippen LogP contribution in [0.25, 0.3) is 17.0 Å². The van der Waals surface area contributed by atoms with E-state index >= 15 is 0 Å². The fourth-order valence-electron chi connectivity index (χ4n) is 4.07. The third-order valence-electron chi connectivity index (χ3n) is 6.14. The van der Waals surface area contributed by atoms with Gasteiger partial charge in [-0.3, -0.25) is 4.79 Å². The summed E-state index contributed by atoms with van der Waals surface area (Å²) in [5.74, 6) is 0.906. The molecule has 1 heterocycles. The van der Waals surface area contributed by atoms with E-state index in [2.05, 4.69) is 0 Å². The lowest BCUT2D eigenvalue weighted by Gasteiger charge is -2.07. The normalized spacial score (nSPS) is 11.1. The van der Waals surface area contributed by atoms with Crippen molar-refractivity contribution in [3.63, 3.8) is 0 Å².